The van der Waals surface area contributed by atoms with Gasteiger partial charge in [0.15, 0.2) is 0 Å². The summed E-state index contributed by atoms with van der Waals surface area (Å²) < 4.78 is 0. The second-order valence-corrected chi connectivity index (χ2v) is 7.75. The van der Waals surface area contributed by atoms with Crippen LogP contribution in [0.2, 0.25) is 0 Å². The molecule has 1 aliphatic carbocycles. The summed E-state index contributed by atoms with van der Waals surface area (Å²) in [5, 5.41) is 3.83. The van der Waals surface area contributed by atoms with Crippen LogP contribution in [0.15, 0.2) is 18.2 Å². The van der Waals surface area contributed by atoms with Crippen molar-refractivity contribution in [3.8, 4) is 0 Å². The standard InChI is InChI=1S/C20H33N/c1-15(2)13-20(10-6-7-11-20)14-21-18(5)19-9-8-16(3)17(4)12-19/h8-9,12,15,18,21H,6-7,10-11,13-14H2,1-5H3. The number of benzene rings is 1. The van der Waals surface area contributed by atoms with Gasteiger partial charge in [-0.25, -0.2) is 0 Å². The van der Waals surface area contributed by atoms with E-state index >= 15 is 0 Å². The third-order valence-electron chi connectivity index (χ3n) is 5.32. The molecule has 1 fully saturated rings. The lowest BCUT2D eigenvalue weighted by Gasteiger charge is -2.33. The van der Waals surface area contributed by atoms with E-state index in [0.717, 1.165) is 5.92 Å². The van der Waals surface area contributed by atoms with Crippen molar-refractivity contribution in [3.63, 3.8) is 0 Å². The fourth-order valence-corrected chi connectivity index (χ4v) is 3.97. The zero-order chi connectivity index (χ0) is 15.5. The minimum atomic E-state index is 0.453. The highest BCUT2D eigenvalue weighted by Gasteiger charge is 2.34. The van der Waals surface area contributed by atoms with Crippen LogP contribution in [0.3, 0.4) is 0 Å². The van der Waals surface area contributed by atoms with E-state index in [1.54, 1.807) is 0 Å². The maximum atomic E-state index is 3.83. The maximum Gasteiger partial charge on any atom is 0.0292 e. The van der Waals surface area contributed by atoms with Gasteiger partial charge in [0.05, 0.1) is 0 Å². The Bertz CT molecular complexity index is 455. The summed E-state index contributed by atoms with van der Waals surface area (Å²) in [5.41, 5.74) is 4.77. The van der Waals surface area contributed by atoms with Crippen molar-refractivity contribution in [3.05, 3.63) is 34.9 Å². The van der Waals surface area contributed by atoms with E-state index in [-0.39, 0.29) is 0 Å². The Morgan fingerprint density at radius 1 is 1.05 bits per heavy atom. The van der Waals surface area contributed by atoms with Gasteiger partial charge in [-0.2, -0.15) is 0 Å². The molecule has 0 radical (unpaired) electrons. The summed E-state index contributed by atoms with van der Waals surface area (Å²) >= 11 is 0. The smallest absolute Gasteiger partial charge is 0.0292 e. The van der Waals surface area contributed by atoms with Crippen molar-refractivity contribution in [2.75, 3.05) is 6.54 Å². The van der Waals surface area contributed by atoms with Gasteiger partial charge in [0.2, 0.25) is 0 Å². The molecule has 1 atom stereocenters. The molecule has 118 valence electrons. The fraction of sp³-hybridized carbons (Fsp3) is 0.700. The predicted molar refractivity (Wildman–Crippen MR) is 92.7 cm³/mol. The summed E-state index contributed by atoms with van der Waals surface area (Å²) in [4.78, 5) is 0. The van der Waals surface area contributed by atoms with Gasteiger partial charge in [0.25, 0.3) is 0 Å². The quantitative estimate of drug-likeness (QED) is 0.722. The summed E-state index contributed by atoms with van der Waals surface area (Å²) in [6, 6.07) is 7.33. The van der Waals surface area contributed by atoms with Crippen molar-refractivity contribution >= 4 is 0 Å². The Hall–Kier alpha value is -0.820. The molecule has 0 saturated heterocycles. The number of rotatable bonds is 6. The molecular formula is C20H33N. The van der Waals surface area contributed by atoms with Crippen molar-refractivity contribution in [2.45, 2.75) is 72.8 Å². The molecule has 0 aromatic heterocycles. The lowest BCUT2D eigenvalue weighted by Crippen LogP contribution is -2.34. The molecule has 0 bridgehead atoms. The normalized spacial score (nSPS) is 19.1. The molecule has 0 aliphatic heterocycles. The van der Waals surface area contributed by atoms with Crippen LogP contribution in [0.25, 0.3) is 0 Å². The van der Waals surface area contributed by atoms with Gasteiger partial charge in [0.1, 0.15) is 0 Å². The van der Waals surface area contributed by atoms with Crippen LogP contribution in [0.1, 0.15) is 75.6 Å². The van der Waals surface area contributed by atoms with Crippen LogP contribution in [0.4, 0.5) is 0 Å². The first kappa shape index (κ1) is 16.5. The SMILES string of the molecule is Cc1ccc(C(C)NCC2(CC(C)C)CCCC2)cc1C. The van der Waals surface area contributed by atoms with Crippen LogP contribution >= 0.6 is 0 Å². The van der Waals surface area contributed by atoms with Gasteiger partial charge in [-0.15, -0.1) is 0 Å². The number of hydrogen-bond acceptors (Lipinski definition) is 1. The molecule has 0 heterocycles. The van der Waals surface area contributed by atoms with Crippen LogP contribution in [-0.2, 0) is 0 Å². The molecule has 1 aromatic carbocycles. The molecule has 0 spiro atoms. The Labute approximate surface area is 131 Å². The highest BCUT2D eigenvalue weighted by molar-refractivity contribution is 5.31. The third kappa shape index (κ3) is 4.32. The van der Waals surface area contributed by atoms with Crippen molar-refractivity contribution in [2.24, 2.45) is 11.3 Å². The van der Waals surface area contributed by atoms with E-state index in [1.807, 2.05) is 0 Å². The first-order valence-electron chi connectivity index (χ1n) is 8.72. The molecule has 1 aliphatic rings. The van der Waals surface area contributed by atoms with Gasteiger partial charge >= 0.3 is 0 Å². The third-order valence-corrected chi connectivity index (χ3v) is 5.32. The van der Waals surface area contributed by atoms with Crippen LogP contribution in [-0.4, -0.2) is 6.54 Å². The average Bonchev–Trinajstić information content (AvgIpc) is 2.87. The first-order chi connectivity index (χ1) is 9.92. The molecule has 1 unspecified atom stereocenters. The summed E-state index contributed by atoms with van der Waals surface area (Å²) in [5.74, 6) is 0.807. The highest BCUT2D eigenvalue weighted by Crippen LogP contribution is 2.43. The number of nitrogens with one attached hydrogen (secondary N) is 1. The van der Waals surface area contributed by atoms with E-state index in [4.69, 9.17) is 0 Å². The van der Waals surface area contributed by atoms with E-state index in [0.29, 0.717) is 11.5 Å². The zero-order valence-electron chi connectivity index (χ0n) is 14.6. The average molecular weight is 287 g/mol. The first-order valence-corrected chi connectivity index (χ1v) is 8.72. The number of hydrogen-bond donors (Lipinski definition) is 1. The van der Waals surface area contributed by atoms with Gasteiger partial charge in [-0.1, -0.05) is 44.9 Å². The van der Waals surface area contributed by atoms with E-state index < -0.39 is 0 Å². The summed E-state index contributed by atoms with van der Waals surface area (Å²) in [6.45, 7) is 12.6. The predicted octanol–water partition coefficient (Wildman–Crippen LogP) is 5.56. The molecule has 1 saturated carbocycles. The molecular weight excluding hydrogens is 254 g/mol. The van der Waals surface area contributed by atoms with Gasteiger partial charge in [-0.3, -0.25) is 0 Å². The lowest BCUT2D eigenvalue weighted by molar-refractivity contribution is 0.217. The van der Waals surface area contributed by atoms with Crippen LogP contribution in [0.5, 0.6) is 0 Å². The van der Waals surface area contributed by atoms with E-state index in [1.165, 1.54) is 55.3 Å². The minimum absolute atomic E-state index is 0.453. The Kier molecular flexibility index (Phi) is 5.48. The Morgan fingerprint density at radius 2 is 1.71 bits per heavy atom. The topological polar surface area (TPSA) is 12.0 Å². The molecule has 1 nitrogen and oxygen atoms in total. The fourth-order valence-electron chi connectivity index (χ4n) is 3.97. The summed E-state index contributed by atoms with van der Waals surface area (Å²) in [7, 11) is 0. The van der Waals surface area contributed by atoms with Crippen molar-refractivity contribution in [1.82, 2.24) is 5.32 Å². The van der Waals surface area contributed by atoms with E-state index in [2.05, 4.69) is 58.1 Å². The zero-order valence-corrected chi connectivity index (χ0v) is 14.6. The van der Waals surface area contributed by atoms with Gasteiger partial charge in [0, 0.05) is 12.6 Å². The van der Waals surface area contributed by atoms with Gasteiger partial charge in [-0.05, 0) is 68.1 Å². The molecule has 1 aromatic rings. The second kappa shape index (κ2) is 6.96. The molecule has 0 amide bonds. The lowest BCUT2D eigenvalue weighted by atomic mass is 9.78. The minimum Gasteiger partial charge on any atom is -0.310 e. The van der Waals surface area contributed by atoms with Crippen molar-refractivity contribution in [1.29, 1.82) is 0 Å². The monoisotopic (exact) mass is 287 g/mol. The molecule has 21 heavy (non-hydrogen) atoms. The maximum absolute atomic E-state index is 3.83. The second-order valence-electron chi connectivity index (χ2n) is 7.75. The summed E-state index contributed by atoms with van der Waals surface area (Å²) in [6.07, 6.45) is 7.05. The molecule has 1 N–H and O–H groups in total. The number of aryl methyl sites for hydroxylation is 2. The van der Waals surface area contributed by atoms with Gasteiger partial charge < -0.3 is 5.32 Å². The van der Waals surface area contributed by atoms with Crippen LogP contribution < -0.4 is 5.32 Å². The van der Waals surface area contributed by atoms with Crippen molar-refractivity contribution < 1.29 is 0 Å². The van der Waals surface area contributed by atoms with E-state index in [9.17, 15) is 0 Å². The Balaban J connectivity index is 1.98. The largest absolute Gasteiger partial charge is 0.310 e. The molecule has 2 rings (SSSR count). The highest BCUT2D eigenvalue weighted by atomic mass is 14.9. The molecule has 1 heteroatoms. The Morgan fingerprint density at radius 3 is 2.29 bits per heavy atom. The van der Waals surface area contributed by atoms with Crippen LogP contribution in [0, 0.1) is 25.2 Å².